The van der Waals surface area contributed by atoms with E-state index in [9.17, 15) is 24.0 Å². The molecule has 0 bridgehead atoms. The van der Waals surface area contributed by atoms with E-state index < -0.39 is 59.7 Å². The number of hydrogen-bond acceptors (Lipinski definition) is 8. The Morgan fingerprint density at radius 1 is 0.744 bits per heavy atom. The van der Waals surface area contributed by atoms with Crippen LogP contribution in [-0.4, -0.2) is 66.8 Å². The van der Waals surface area contributed by atoms with Gasteiger partial charge in [-0.3, -0.25) is 9.59 Å². The average molecular weight is 607 g/mol. The zero-order valence-corrected chi connectivity index (χ0v) is 27.1. The molecule has 0 aliphatic heterocycles. The summed E-state index contributed by atoms with van der Waals surface area (Å²) in [5, 5.41) is 10.7. The van der Waals surface area contributed by atoms with Crippen molar-refractivity contribution in [3.8, 4) is 0 Å². The molecular formula is C31H50N4O8. The van der Waals surface area contributed by atoms with E-state index in [1.807, 2.05) is 32.0 Å². The Labute approximate surface area is 255 Å². The molecule has 0 fully saturated rings. The molecule has 1 rings (SSSR count). The predicted molar refractivity (Wildman–Crippen MR) is 162 cm³/mol. The van der Waals surface area contributed by atoms with Crippen molar-refractivity contribution in [2.45, 2.75) is 105 Å². The van der Waals surface area contributed by atoms with Crippen LogP contribution in [0.1, 0.15) is 74.3 Å². The number of ether oxygens (including phenoxy) is 3. The first-order chi connectivity index (χ1) is 19.9. The highest BCUT2D eigenvalue weighted by Crippen LogP contribution is 2.14. The Balaban J connectivity index is 3.31. The summed E-state index contributed by atoms with van der Waals surface area (Å²) in [6.45, 7) is 15.9. The van der Waals surface area contributed by atoms with E-state index >= 15 is 0 Å². The van der Waals surface area contributed by atoms with Crippen molar-refractivity contribution >= 4 is 30.0 Å². The lowest BCUT2D eigenvalue weighted by Crippen LogP contribution is -2.64. The topological polar surface area (TPSA) is 161 Å². The van der Waals surface area contributed by atoms with Crippen molar-refractivity contribution in [2.75, 3.05) is 7.11 Å². The maximum atomic E-state index is 13.7. The molecule has 0 aliphatic carbocycles. The van der Waals surface area contributed by atoms with Crippen molar-refractivity contribution in [3.63, 3.8) is 0 Å². The highest BCUT2D eigenvalue weighted by molar-refractivity contribution is 5.94. The molecule has 43 heavy (non-hydrogen) atoms. The third-order valence-corrected chi connectivity index (χ3v) is 6.29. The molecule has 4 atom stereocenters. The first-order valence-corrected chi connectivity index (χ1v) is 14.6. The van der Waals surface area contributed by atoms with Crippen molar-refractivity contribution in [2.24, 2.45) is 17.8 Å². The molecular weight excluding hydrogens is 556 g/mol. The third kappa shape index (κ3) is 13.8. The second-order valence-corrected chi connectivity index (χ2v) is 12.5. The summed E-state index contributed by atoms with van der Waals surface area (Å²) in [6, 6.07) is 4.72. The summed E-state index contributed by atoms with van der Waals surface area (Å²) in [6.07, 6.45) is -1.35. The molecule has 0 spiro atoms. The van der Waals surface area contributed by atoms with Gasteiger partial charge in [0, 0.05) is 0 Å². The molecule has 4 N–H and O–H groups in total. The van der Waals surface area contributed by atoms with Gasteiger partial charge in [0.1, 0.15) is 30.3 Å². The summed E-state index contributed by atoms with van der Waals surface area (Å²) in [7, 11) is 1.21. The van der Waals surface area contributed by atoms with Crippen LogP contribution in [0.4, 0.5) is 9.59 Å². The van der Waals surface area contributed by atoms with Gasteiger partial charge in [0.25, 0.3) is 0 Å². The van der Waals surface area contributed by atoms with Crippen LogP contribution in [0.5, 0.6) is 0 Å². The van der Waals surface area contributed by atoms with Gasteiger partial charge in [-0.05, 0) is 50.5 Å². The molecule has 0 saturated heterocycles. The number of carbonyl (C=O) groups is 5. The fourth-order valence-electron chi connectivity index (χ4n) is 4.13. The van der Waals surface area contributed by atoms with Crippen LogP contribution in [-0.2, 0) is 35.2 Å². The minimum atomic E-state index is -1.34. The van der Waals surface area contributed by atoms with Crippen LogP contribution in [0, 0.1) is 17.8 Å². The smallest absolute Gasteiger partial charge is 0.408 e. The number of nitrogens with one attached hydrogen (secondary N) is 4. The molecule has 0 aromatic heterocycles. The van der Waals surface area contributed by atoms with Gasteiger partial charge in [-0.15, -0.1) is 0 Å². The Morgan fingerprint density at radius 3 is 1.81 bits per heavy atom. The number of esters is 1. The Bertz CT molecular complexity index is 1070. The van der Waals surface area contributed by atoms with Gasteiger partial charge in [-0.2, -0.15) is 0 Å². The lowest BCUT2D eigenvalue weighted by Gasteiger charge is -2.34. The number of carbonyl (C=O) groups excluding carboxylic acids is 5. The van der Waals surface area contributed by atoms with Crippen molar-refractivity contribution in [3.05, 3.63) is 35.9 Å². The minimum absolute atomic E-state index is 0.00702. The van der Waals surface area contributed by atoms with Crippen LogP contribution in [0.3, 0.4) is 0 Å². The average Bonchev–Trinajstić information content (AvgIpc) is 2.90. The summed E-state index contributed by atoms with van der Waals surface area (Å²) in [5.74, 6) is -2.76. The van der Waals surface area contributed by atoms with Gasteiger partial charge in [0.2, 0.25) is 11.8 Å². The fraction of sp³-hybridized carbons (Fsp3) is 0.645. The van der Waals surface area contributed by atoms with Crippen molar-refractivity contribution in [1.82, 2.24) is 21.3 Å². The van der Waals surface area contributed by atoms with Gasteiger partial charge in [-0.25, -0.2) is 14.4 Å². The van der Waals surface area contributed by atoms with Crippen molar-refractivity contribution < 1.29 is 38.2 Å². The van der Waals surface area contributed by atoms with Crippen LogP contribution in [0.25, 0.3) is 0 Å². The van der Waals surface area contributed by atoms with E-state index in [0.29, 0.717) is 0 Å². The molecule has 0 heterocycles. The molecule has 0 saturated carbocycles. The summed E-state index contributed by atoms with van der Waals surface area (Å²) in [4.78, 5) is 65.2. The van der Waals surface area contributed by atoms with E-state index in [1.54, 1.807) is 60.6 Å². The lowest BCUT2D eigenvalue weighted by molar-refractivity contribution is -0.146. The zero-order chi connectivity index (χ0) is 32.9. The lowest BCUT2D eigenvalue weighted by atomic mass is 9.93. The number of methoxy groups -OCH3 is 1. The molecule has 4 amide bonds. The van der Waals surface area contributed by atoms with Crippen LogP contribution in [0.2, 0.25) is 0 Å². The first-order valence-electron chi connectivity index (χ1n) is 14.6. The quantitative estimate of drug-likeness (QED) is 0.184. The summed E-state index contributed by atoms with van der Waals surface area (Å²) < 4.78 is 15.6. The zero-order valence-electron chi connectivity index (χ0n) is 27.1. The van der Waals surface area contributed by atoms with E-state index in [1.165, 1.54) is 7.11 Å². The Morgan fingerprint density at radius 2 is 1.33 bits per heavy atom. The highest BCUT2D eigenvalue weighted by atomic mass is 16.6. The predicted octanol–water partition coefficient (Wildman–Crippen LogP) is 3.68. The first kappa shape index (κ1) is 37.2. The number of alkyl carbamates (subject to hydrolysis) is 2. The number of amides is 4. The largest absolute Gasteiger partial charge is 0.467 e. The molecule has 12 heteroatoms. The molecule has 0 radical (unpaired) electrons. The molecule has 0 unspecified atom stereocenters. The minimum Gasteiger partial charge on any atom is -0.467 e. The van der Waals surface area contributed by atoms with Crippen LogP contribution >= 0.6 is 0 Å². The monoisotopic (exact) mass is 606 g/mol. The molecule has 1 aromatic rings. The number of benzene rings is 1. The second-order valence-electron chi connectivity index (χ2n) is 12.5. The van der Waals surface area contributed by atoms with Crippen LogP contribution in [0.15, 0.2) is 30.3 Å². The van der Waals surface area contributed by atoms with Crippen molar-refractivity contribution in [1.29, 1.82) is 0 Å². The standard InChI is InChI=1S/C31H50N4O8/c1-18(2)16-22(32-29(39)42-17-21-14-12-11-13-15-21)26(36)34-25(27(37)33-24(20(5)6)28(38)41-10)23(19(3)4)35-30(40)43-31(7,8)9/h11-15,18-20,22-25H,16-17H2,1-10H3,(H,32,39)(H,33,37)(H,34,36)(H,35,40)/t22-,23-,24-,25-/m0/s1. The Hall–Kier alpha value is -3.83. The second kappa shape index (κ2) is 17.3. The van der Waals surface area contributed by atoms with E-state index in [0.717, 1.165) is 5.56 Å². The van der Waals surface area contributed by atoms with Crippen LogP contribution < -0.4 is 21.3 Å². The fourth-order valence-corrected chi connectivity index (χ4v) is 4.13. The normalized spacial score (nSPS) is 14.3. The summed E-state index contributed by atoms with van der Waals surface area (Å²) in [5.41, 5.74) is -0.0374. The molecule has 0 aliphatic rings. The van der Waals surface area contributed by atoms with Gasteiger partial charge in [-0.1, -0.05) is 71.9 Å². The van der Waals surface area contributed by atoms with Gasteiger partial charge in [0.05, 0.1) is 13.2 Å². The third-order valence-electron chi connectivity index (χ3n) is 6.29. The molecule has 12 nitrogen and oxygen atoms in total. The molecule has 1 aromatic carbocycles. The number of hydrogen-bond donors (Lipinski definition) is 4. The SMILES string of the molecule is COC(=O)[C@@H](NC(=O)[C@@H](NC(=O)[C@H](CC(C)C)NC(=O)OCc1ccccc1)[C@@H](NC(=O)OC(C)(C)C)C(C)C)C(C)C. The molecule has 242 valence electrons. The van der Waals surface area contributed by atoms with Gasteiger partial charge < -0.3 is 35.5 Å². The van der Waals surface area contributed by atoms with E-state index in [4.69, 9.17) is 14.2 Å². The highest BCUT2D eigenvalue weighted by Gasteiger charge is 2.38. The van der Waals surface area contributed by atoms with E-state index in [-0.39, 0.29) is 30.8 Å². The maximum Gasteiger partial charge on any atom is 0.408 e. The van der Waals surface area contributed by atoms with Gasteiger partial charge >= 0.3 is 18.2 Å². The Kier molecular flexibility index (Phi) is 15.0. The van der Waals surface area contributed by atoms with Gasteiger partial charge in [0.15, 0.2) is 0 Å². The number of rotatable bonds is 14. The summed E-state index contributed by atoms with van der Waals surface area (Å²) >= 11 is 0. The van der Waals surface area contributed by atoms with E-state index in [2.05, 4.69) is 21.3 Å². The maximum absolute atomic E-state index is 13.7.